The minimum atomic E-state index is -0.265. The lowest BCUT2D eigenvalue weighted by molar-refractivity contribution is -0.114. The van der Waals surface area contributed by atoms with E-state index in [0.29, 0.717) is 10.7 Å². The molecule has 0 aliphatic rings. The Balaban J connectivity index is 1.59. The first kappa shape index (κ1) is 23.3. The molecule has 0 fully saturated rings. The van der Waals surface area contributed by atoms with E-state index in [9.17, 15) is 4.79 Å². The van der Waals surface area contributed by atoms with Gasteiger partial charge < -0.3 is 10.1 Å². The van der Waals surface area contributed by atoms with Gasteiger partial charge in [0.25, 0.3) is 0 Å². The summed E-state index contributed by atoms with van der Waals surface area (Å²) >= 11 is 6.17. The molecule has 6 nitrogen and oxygen atoms in total. The van der Waals surface area contributed by atoms with E-state index in [2.05, 4.69) is 20.6 Å². The lowest BCUT2D eigenvalue weighted by atomic mass is 10.1. The van der Waals surface area contributed by atoms with Crippen LogP contribution in [0.25, 0.3) is 22.5 Å². The highest BCUT2D eigenvalue weighted by atomic mass is 35.5. The summed E-state index contributed by atoms with van der Waals surface area (Å²) in [6.45, 7) is 4.01. The maximum absolute atomic E-state index is 12.7. The monoisotopic (exact) mass is 472 g/mol. The van der Waals surface area contributed by atoms with Crippen molar-refractivity contribution < 1.29 is 9.53 Å². The fourth-order valence-electron chi connectivity index (χ4n) is 3.34. The molecule has 0 radical (unpaired) electrons. The van der Waals surface area contributed by atoms with Crippen LogP contribution in [0.2, 0.25) is 5.02 Å². The average molecular weight is 473 g/mol. The van der Waals surface area contributed by atoms with Gasteiger partial charge in [0.15, 0.2) is 0 Å². The van der Waals surface area contributed by atoms with Crippen LogP contribution >= 0.6 is 11.6 Å². The predicted octanol–water partition coefficient (Wildman–Crippen LogP) is 6.14. The van der Waals surface area contributed by atoms with E-state index in [4.69, 9.17) is 16.3 Å². The molecule has 0 aliphatic carbocycles. The Hall–Kier alpha value is -3.90. The number of carbonyl (C=O) groups is 1. The molecular formula is C27H25ClN4O2. The van der Waals surface area contributed by atoms with E-state index in [-0.39, 0.29) is 18.4 Å². The third-order valence-corrected chi connectivity index (χ3v) is 5.74. The van der Waals surface area contributed by atoms with Gasteiger partial charge in [-0.3, -0.25) is 10.1 Å². The molecule has 1 heterocycles. The van der Waals surface area contributed by atoms with Gasteiger partial charge in [-0.2, -0.15) is 0 Å². The number of ether oxygens (including phenoxy) is 1. The summed E-state index contributed by atoms with van der Waals surface area (Å²) in [7, 11) is 1.63. The van der Waals surface area contributed by atoms with Crippen molar-refractivity contribution in [3.8, 4) is 28.3 Å². The number of hydrogen-bond donors (Lipinski definition) is 2. The molecule has 1 amide bonds. The summed E-state index contributed by atoms with van der Waals surface area (Å²) in [6, 6.07) is 23.1. The number of nitrogens with zero attached hydrogens (tertiary/aromatic N) is 2. The summed E-state index contributed by atoms with van der Waals surface area (Å²) in [5, 5.41) is 6.53. The molecule has 7 heteroatoms. The molecule has 0 bridgehead atoms. The number of carbonyl (C=O) groups excluding carboxylic acids is 1. The minimum absolute atomic E-state index is 0.0510. The molecule has 4 rings (SSSR count). The Morgan fingerprint density at radius 2 is 1.50 bits per heavy atom. The SMILES string of the molecule is COc1ccc(-c2cc(-c3ccc(C)cc3)nc(NC(=O)CNc3ccc(C)c(Cl)c3)n2)cc1. The lowest BCUT2D eigenvalue weighted by Crippen LogP contribution is -2.23. The van der Waals surface area contributed by atoms with Gasteiger partial charge in [-0.05, 0) is 61.9 Å². The average Bonchev–Trinajstić information content (AvgIpc) is 2.85. The second-order valence-electron chi connectivity index (χ2n) is 7.92. The zero-order valence-corrected chi connectivity index (χ0v) is 20.0. The first-order valence-electron chi connectivity index (χ1n) is 10.8. The highest BCUT2D eigenvalue weighted by Gasteiger charge is 2.12. The van der Waals surface area contributed by atoms with E-state index >= 15 is 0 Å². The molecule has 172 valence electrons. The summed E-state index contributed by atoms with van der Waals surface area (Å²) in [5.74, 6) is 0.725. The molecule has 1 aromatic heterocycles. The molecule has 0 saturated heterocycles. The summed E-state index contributed by atoms with van der Waals surface area (Å²) in [5.41, 5.74) is 6.13. The fraction of sp³-hybridized carbons (Fsp3) is 0.148. The molecule has 0 spiro atoms. The first-order chi connectivity index (χ1) is 16.4. The van der Waals surface area contributed by atoms with Crippen LogP contribution in [0.4, 0.5) is 11.6 Å². The number of anilines is 2. The van der Waals surface area contributed by atoms with Crippen molar-refractivity contribution in [2.45, 2.75) is 13.8 Å². The molecule has 2 N–H and O–H groups in total. The van der Waals surface area contributed by atoms with Crippen LogP contribution in [-0.2, 0) is 4.79 Å². The number of nitrogens with one attached hydrogen (secondary N) is 2. The molecule has 0 unspecified atom stereocenters. The third kappa shape index (κ3) is 5.71. The van der Waals surface area contributed by atoms with Crippen LogP contribution in [0, 0.1) is 13.8 Å². The van der Waals surface area contributed by atoms with Crippen molar-refractivity contribution in [2.75, 3.05) is 24.3 Å². The lowest BCUT2D eigenvalue weighted by Gasteiger charge is -2.11. The first-order valence-corrected chi connectivity index (χ1v) is 11.2. The maximum Gasteiger partial charge on any atom is 0.246 e. The summed E-state index contributed by atoms with van der Waals surface area (Å²) < 4.78 is 5.26. The third-order valence-electron chi connectivity index (χ3n) is 5.34. The topological polar surface area (TPSA) is 76.1 Å². The Kier molecular flexibility index (Phi) is 7.09. The van der Waals surface area contributed by atoms with Crippen LogP contribution < -0.4 is 15.4 Å². The van der Waals surface area contributed by atoms with Gasteiger partial charge >= 0.3 is 0 Å². The second kappa shape index (κ2) is 10.4. The Morgan fingerprint density at radius 1 is 0.882 bits per heavy atom. The van der Waals surface area contributed by atoms with Gasteiger partial charge in [-0.25, -0.2) is 9.97 Å². The van der Waals surface area contributed by atoms with E-state index in [0.717, 1.165) is 39.4 Å². The Morgan fingerprint density at radius 3 is 2.09 bits per heavy atom. The van der Waals surface area contributed by atoms with Crippen LogP contribution in [0.5, 0.6) is 5.75 Å². The maximum atomic E-state index is 12.7. The number of aromatic nitrogens is 2. The van der Waals surface area contributed by atoms with Crippen molar-refractivity contribution in [2.24, 2.45) is 0 Å². The zero-order valence-electron chi connectivity index (χ0n) is 19.2. The summed E-state index contributed by atoms with van der Waals surface area (Å²) in [6.07, 6.45) is 0. The second-order valence-corrected chi connectivity index (χ2v) is 8.33. The minimum Gasteiger partial charge on any atom is -0.497 e. The smallest absolute Gasteiger partial charge is 0.246 e. The Labute approximate surface area is 204 Å². The quantitative estimate of drug-likeness (QED) is 0.338. The van der Waals surface area contributed by atoms with Gasteiger partial charge in [0.1, 0.15) is 5.75 Å². The molecule has 3 aromatic carbocycles. The van der Waals surface area contributed by atoms with Crippen LogP contribution in [0.15, 0.2) is 72.8 Å². The number of hydrogen-bond acceptors (Lipinski definition) is 5. The predicted molar refractivity (Wildman–Crippen MR) is 138 cm³/mol. The number of methoxy groups -OCH3 is 1. The van der Waals surface area contributed by atoms with Crippen LogP contribution in [-0.4, -0.2) is 29.5 Å². The van der Waals surface area contributed by atoms with E-state index in [1.54, 1.807) is 13.2 Å². The highest BCUT2D eigenvalue weighted by molar-refractivity contribution is 6.31. The van der Waals surface area contributed by atoms with Crippen LogP contribution in [0.1, 0.15) is 11.1 Å². The summed E-state index contributed by atoms with van der Waals surface area (Å²) in [4.78, 5) is 21.8. The number of aryl methyl sites for hydroxylation is 2. The normalized spacial score (nSPS) is 10.6. The van der Waals surface area contributed by atoms with Crippen molar-refractivity contribution in [3.63, 3.8) is 0 Å². The van der Waals surface area contributed by atoms with Crippen molar-refractivity contribution in [1.82, 2.24) is 9.97 Å². The molecule has 0 aliphatic heterocycles. The van der Waals surface area contributed by atoms with Gasteiger partial charge in [0.2, 0.25) is 11.9 Å². The molecule has 0 atom stereocenters. The number of halogens is 1. The van der Waals surface area contributed by atoms with Crippen molar-refractivity contribution >= 4 is 29.1 Å². The van der Waals surface area contributed by atoms with Gasteiger partial charge in [-0.1, -0.05) is 47.5 Å². The van der Waals surface area contributed by atoms with E-state index < -0.39 is 0 Å². The van der Waals surface area contributed by atoms with E-state index in [1.165, 1.54) is 0 Å². The number of amides is 1. The highest BCUT2D eigenvalue weighted by Crippen LogP contribution is 2.27. The van der Waals surface area contributed by atoms with Gasteiger partial charge in [0.05, 0.1) is 25.0 Å². The van der Waals surface area contributed by atoms with E-state index in [1.807, 2.05) is 80.6 Å². The van der Waals surface area contributed by atoms with Crippen molar-refractivity contribution in [3.05, 3.63) is 88.9 Å². The van der Waals surface area contributed by atoms with Gasteiger partial charge in [-0.15, -0.1) is 0 Å². The molecular weight excluding hydrogens is 448 g/mol. The molecule has 0 saturated carbocycles. The number of rotatable bonds is 7. The Bertz CT molecular complexity index is 1310. The van der Waals surface area contributed by atoms with Crippen molar-refractivity contribution in [1.29, 1.82) is 0 Å². The molecule has 34 heavy (non-hydrogen) atoms. The van der Waals surface area contributed by atoms with Crippen LogP contribution in [0.3, 0.4) is 0 Å². The largest absolute Gasteiger partial charge is 0.497 e. The molecule has 4 aromatic rings. The zero-order chi connectivity index (χ0) is 24.1. The van der Waals surface area contributed by atoms with Gasteiger partial charge in [0, 0.05) is 21.8 Å². The fourth-order valence-corrected chi connectivity index (χ4v) is 3.52. The standard InChI is InChI=1S/C27H25ClN4O2/c1-17-4-7-19(8-5-17)24-15-25(20-9-12-22(34-3)13-10-20)31-27(30-24)32-26(33)16-29-21-11-6-18(2)23(28)14-21/h4-15,29H,16H2,1-3H3,(H,30,31,32,33). The number of benzene rings is 3.